The molecule has 3 fully saturated rings. The largest absolute Gasteiger partial charge is 0.378 e. The second kappa shape index (κ2) is 15.7. The number of hydrogen-bond acceptors (Lipinski definition) is 8. The van der Waals surface area contributed by atoms with Gasteiger partial charge in [0.05, 0.1) is 66.1 Å². The number of ether oxygens (including phenoxy) is 6. The van der Waals surface area contributed by atoms with Crippen molar-refractivity contribution in [1.82, 2.24) is 9.80 Å². The standard InChI is InChI=1S/C18H36N2O6/c1-2-19-3-9-21-14-16-23-11-5-20(7-13-26-18-25-8-1)6-12-24-17-15-22-10-4-19/h1-18H2. The van der Waals surface area contributed by atoms with E-state index < -0.39 is 0 Å². The summed E-state index contributed by atoms with van der Waals surface area (Å²) >= 11 is 0. The maximum atomic E-state index is 5.71. The van der Waals surface area contributed by atoms with E-state index in [1.54, 1.807) is 0 Å². The van der Waals surface area contributed by atoms with Crippen LogP contribution in [0.2, 0.25) is 0 Å². The number of hydrogen-bond donors (Lipinski definition) is 0. The van der Waals surface area contributed by atoms with Crippen molar-refractivity contribution in [3.05, 3.63) is 0 Å². The first-order valence-corrected chi connectivity index (χ1v) is 9.86. The lowest BCUT2D eigenvalue weighted by molar-refractivity contribution is -0.0644. The van der Waals surface area contributed by atoms with Crippen LogP contribution in [-0.4, -0.2) is 122 Å². The molecule has 154 valence electrons. The highest BCUT2D eigenvalue weighted by Crippen LogP contribution is 1.97. The van der Waals surface area contributed by atoms with Gasteiger partial charge < -0.3 is 28.4 Å². The van der Waals surface area contributed by atoms with Gasteiger partial charge in [0.2, 0.25) is 0 Å². The third kappa shape index (κ3) is 11.4. The maximum Gasteiger partial charge on any atom is 0.146 e. The SMILES string of the molecule is C1COCOCCN2CCOCCOCCN(C1)CCOCCOCC2. The van der Waals surface area contributed by atoms with Gasteiger partial charge in [-0.2, -0.15) is 0 Å². The van der Waals surface area contributed by atoms with Crippen LogP contribution in [0.25, 0.3) is 0 Å². The molecule has 0 atom stereocenters. The molecule has 0 radical (unpaired) electrons. The zero-order valence-electron chi connectivity index (χ0n) is 16.1. The van der Waals surface area contributed by atoms with Gasteiger partial charge in [0.1, 0.15) is 6.79 Å². The molecule has 8 nitrogen and oxygen atoms in total. The lowest BCUT2D eigenvalue weighted by Crippen LogP contribution is -2.35. The van der Waals surface area contributed by atoms with Crippen molar-refractivity contribution in [2.45, 2.75) is 6.42 Å². The monoisotopic (exact) mass is 376 g/mol. The first-order chi connectivity index (χ1) is 12.9. The molecule has 0 N–H and O–H groups in total. The van der Waals surface area contributed by atoms with Crippen LogP contribution in [0, 0.1) is 0 Å². The second-order valence-corrected chi connectivity index (χ2v) is 6.42. The van der Waals surface area contributed by atoms with E-state index in [1.165, 1.54) is 0 Å². The van der Waals surface area contributed by atoms with Gasteiger partial charge in [-0.05, 0) is 6.42 Å². The summed E-state index contributed by atoms with van der Waals surface area (Å²) in [4.78, 5) is 4.65. The average molecular weight is 376 g/mol. The first kappa shape index (κ1) is 22.0. The minimum absolute atomic E-state index is 0.354. The molecule has 3 heterocycles. The minimum Gasteiger partial charge on any atom is -0.378 e. The van der Waals surface area contributed by atoms with Gasteiger partial charge >= 0.3 is 0 Å². The van der Waals surface area contributed by atoms with Crippen molar-refractivity contribution in [2.75, 3.05) is 112 Å². The zero-order valence-corrected chi connectivity index (χ0v) is 16.1. The fraction of sp³-hybridized carbons (Fsp3) is 1.00. The molecule has 26 heavy (non-hydrogen) atoms. The van der Waals surface area contributed by atoms with Gasteiger partial charge in [0.25, 0.3) is 0 Å². The summed E-state index contributed by atoms with van der Waals surface area (Å²) in [6.45, 7) is 12.4. The van der Waals surface area contributed by atoms with E-state index in [0.717, 1.165) is 45.7 Å². The summed E-state index contributed by atoms with van der Waals surface area (Å²) in [7, 11) is 0. The molecular formula is C18H36N2O6. The normalized spacial score (nSPS) is 30.5. The molecule has 3 aliphatic rings. The van der Waals surface area contributed by atoms with E-state index in [9.17, 15) is 0 Å². The van der Waals surface area contributed by atoms with Gasteiger partial charge in [-0.25, -0.2) is 0 Å². The molecule has 0 amide bonds. The van der Waals surface area contributed by atoms with E-state index >= 15 is 0 Å². The minimum atomic E-state index is 0.354. The number of rotatable bonds is 0. The van der Waals surface area contributed by atoms with Crippen molar-refractivity contribution in [3.63, 3.8) is 0 Å². The van der Waals surface area contributed by atoms with Crippen LogP contribution >= 0.6 is 0 Å². The molecule has 0 aromatic heterocycles. The quantitative estimate of drug-likeness (QED) is 0.588. The van der Waals surface area contributed by atoms with Crippen LogP contribution in [0.15, 0.2) is 0 Å². The Balaban J connectivity index is 1.87. The van der Waals surface area contributed by atoms with Crippen LogP contribution < -0.4 is 0 Å². The molecule has 0 saturated carbocycles. The average Bonchev–Trinajstić information content (AvgIpc) is 2.65. The van der Waals surface area contributed by atoms with Crippen LogP contribution in [0.5, 0.6) is 0 Å². The summed E-state index contributed by atoms with van der Waals surface area (Å²) in [5.41, 5.74) is 0. The Labute approximate surface area is 157 Å². The Morgan fingerprint density at radius 1 is 0.346 bits per heavy atom. The fourth-order valence-electron chi connectivity index (χ4n) is 2.85. The summed E-state index contributed by atoms with van der Waals surface area (Å²) in [5.74, 6) is 0. The number of fused-ring (bicyclic) bond motifs is 21. The molecule has 8 heteroatoms. The molecule has 3 aliphatic heterocycles. The van der Waals surface area contributed by atoms with Crippen LogP contribution in [0.1, 0.15) is 6.42 Å². The molecule has 0 aromatic rings. The van der Waals surface area contributed by atoms with Crippen LogP contribution in [0.4, 0.5) is 0 Å². The third-order valence-corrected chi connectivity index (χ3v) is 4.43. The van der Waals surface area contributed by atoms with Gasteiger partial charge in [-0.1, -0.05) is 0 Å². The Kier molecular flexibility index (Phi) is 13.3. The fourth-order valence-corrected chi connectivity index (χ4v) is 2.85. The topological polar surface area (TPSA) is 61.9 Å². The van der Waals surface area contributed by atoms with E-state index in [1.807, 2.05) is 0 Å². The van der Waals surface area contributed by atoms with Crippen molar-refractivity contribution in [3.8, 4) is 0 Å². The lowest BCUT2D eigenvalue weighted by atomic mass is 10.4. The summed E-state index contributed by atoms with van der Waals surface area (Å²) in [6, 6.07) is 0. The van der Waals surface area contributed by atoms with Crippen molar-refractivity contribution < 1.29 is 28.4 Å². The zero-order chi connectivity index (χ0) is 18.1. The number of nitrogens with zero attached hydrogens (tertiary/aromatic N) is 2. The molecule has 0 spiro atoms. The van der Waals surface area contributed by atoms with E-state index in [2.05, 4.69) is 9.80 Å². The Morgan fingerprint density at radius 2 is 0.731 bits per heavy atom. The van der Waals surface area contributed by atoms with E-state index in [0.29, 0.717) is 72.9 Å². The van der Waals surface area contributed by atoms with Gasteiger partial charge in [-0.15, -0.1) is 0 Å². The summed E-state index contributed by atoms with van der Waals surface area (Å²) in [6.07, 6.45) is 0.974. The lowest BCUT2D eigenvalue weighted by Gasteiger charge is -2.24. The van der Waals surface area contributed by atoms with Gasteiger partial charge in [0.15, 0.2) is 0 Å². The van der Waals surface area contributed by atoms with Gasteiger partial charge in [-0.3, -0.25) is 9.80 Å². The molecule has 0 unspecified atom stereocenters. The maximum absolute atomic E-state index is 5.71. The Morgan fingerprint density at radius 3 is 1.23 bits per heavy atom. The predicted molar refractivity (Wildman–Crippen MR) is 97.5 cm³/mol. The molecule has 3 saturated heterocycles. The van der Waals surface area contributed by atoms with Crippen molar-refractivity contribution in [2.24, 2.45) is 0 Å². The van der Waals surface area contributed by atoms with Crippen LogP contribution in [0.3, 0.4) is 0 Å². The first-order valence-electron chi connectivity index (χ1n) is 9.86. The van der Waals surface area contributed by atoms with Gasteiger partial charge in [0, 0.05) is 39.3 Å². The second-order valence-electron chi connectivity index (χ2n) is 6.42. The highest BCUT2D eigenvalue weighted by atomic mass is 16.7. The Hall–Kier alpha value is -0.320. The van der Waals surface area contributed by atoms with Crippen molar-refractivity contribution >= 4 is 0 Å². The third-order valence-electron chi connectivity index (χ3n) is 4.43. The van der Waals surface area contributed by atoms with Crippen LogP contribution in [-0.2, 0) is 28.4 Å². The Bertz CT molecular complexity index is 247. The smallest absolute Gasteiger partial charge is 0.146 e. The highest BCUT2D eigenvalue weighted by molar-refractivity contribution is 4.59. The molecular weight excluding hydrogens is 340 g/mol. The molecule has 0 aliphatic carbocycles. The van der Waals surface area contributed by atoms with E-state index in [4.69, 9.17) is 28.4 Å². The summed E-state index contributed by atoms with van der Waals surface area (Å²) in [5, 5.41) is 0. The van der Waals surface area contributed by atoms with E-state index in [-0.39, 0.29) is 0 Å². The highest BCUT2D eigenvalue weighted by Gasteiger charge is 2.08. The summed E-state index contributed by atoms with van der Waals surface area (Å²) < 4.78 is 34.0. The molecule has 0 aromatic carbocycles. The molecule has 2 bridgehead atoms. The predicted octanol–water partition coefficient (Wildman–Crippen LogP) is 0.0648. The molecule has 3 rings (SSSR count). The van der Waals surface area contributed by atoms with Crippen molar-refractivity contribution in [1.29, 1.82) is 0 Å².